The van der Waals surface area contributed by atoms with Gasteiger partial charge in [0.05, 0.1) is 6.54 Å². The van der Waals surface area contributed by atoms with E-state index in [1.807, 2.05) is 0 Å². The third kappa shape index (κ3) is 3.15. The van der Waals surface area contributed by atoms with E-state index in [-0.39, 0.29) is 0 Å². The predicted molar refractivity (Wildman–Crippen MR) is 81.9 cm³/mol. The zero-order valence-electron chi connectivity index (χ0n) is 12.7. The maximum absolute atomic E-state index is 6.39. The Labute approximate surface area is 126 Å². The smallest absolute Gasteiger partial charge is 0.144 e. The lowest BCUT2D eigenvalue weighted by Crippen LogP contribution is -2.29. The van der Waals surface area contributed by atoms with Crippen molar-refractivity contribution < 1.29 is 0 Å². The molecule has 1 saturated carbocycles. The van der Waals surface area contributed by atoms with Gasteiger partial charge >= 0.3 is 0 Å². The van der Waals surface area contributed by atoms with Crippen molar-refractivity contribution in [3.63, 3.8) is 0 Å². The highest BCUT2D eigenvalue weighted by molar-refractivity contribution is 6.30. The van der Waals surface area contributed by atoms with Gasteiger partial charge in [0.15, 0.2) is 0 Å². The van der Waals surface area contributed by atoms with Crippen LogP contribution in [0, 0.1) is 11.3 Å². The van der Waals surface area contributed by atoms with E-state index in [4.69, 9.17) is 16.6 Å². The SMILES string of the molecule is C[C@H](NCc1nc(Cl)c2c(n1)CCC(C)(C)C2)C1CC1. The first-order valence-corrected chi connectivity index (χ1v) is 8.10. The first kappa shape index (κ1) is 14.3. The van der Waals surface area contributed by atoms with Gasteiger partial charge in [0.1, 0.15) is 11.0 Å². The summed E-state index contributed by atoms with van der Waals surface area (Å²) in [6.07, 6.45) is 5.91. The molecule has 1 heterocycles. The Morgan fingerprint density at radius 3 is 2.80 bits per heavy atom. The molecule has 0 unspecified atom stereocenters. The van der Waals surface area contributed by atoms with E-state index >= 15 is 0 Å². The molecular weight excluding hydrogens is 270 g/mol. The molecule has 0 aromatic carbocycles. The van der Waals surface area contributed by atoms with Gasteiger partial charge in [-0.25, -0.2) is 9.97 Å². The monoisotopic (exact) mass is 293 g/mol. The Bertz CT molecular complexity index is 509. The number of aryl methyl sites for hydroxylation is 1. The van der Waals surface area contributed by atoms with Crippen LogP contribution in [0.2, 0.25) is 5.15 Å². The average molecular weight is 294 g/mol. The van der Waals surface area contributed by atoms with Crippen molar-refractivity contribution in [2.45, 2.75) is 65.5 Å². The summed E-state index contributed by atoms with van der Waals surface area (Å²) in [6, 6.07) is 0.562. The lowest BCUT2D eigenvalue weighted by molar-refractivity contribution is 0.311. The van der Waals surface area contributed by atoms with Crippen molar-refractivity contribution >= 4 is 11.6 Å². The fourth-order valence-electron chi connectivity index (χ4n) is 3.05. The van der Waals surface area contributed by atoms with E-state index < -0.39 is 0 Å². The van der Waals surface area contributed by atoms with Crippen molar-refractivity contribution in [1.29, 1.82) is 0 Å². The number of nitrogens with zero attached hydrogens (tertiary/aromatic N) is 2. The summed E-state index contributed by atoms with van der Waals surface area (Å²) >= 11 is 6.39. The average Bonchev–Trinajstić information content (AvgIpc) is 3.21. The van der Waals surface area contributed by atoms with Crippen molar-refractivity contribution in [3.8, 4) is 0 Å². The topological polar surface area (TPSA) is 37.8 Å². The lowest BCUT2D eigenvalue weighted by atomic mass is 9.76. The molecule has 20 heavy (non-hydrogen) atoms. The predicted octanol–water partition coefficient (Wildman–Crippen LogP) is 3.53. The third-order valence-corrected chi connectivity index (χ3v) is 5.01. The summed E-state index contributed by atoms with van der Waals surface area (Å²) in [5.74, 6) is 1.70. The maximum atomic E-state index is 6.39. The summed E-state index contributed by atoms with van der Waals surface area (Å²) < 4.78 is 0. The third-order valence-electron chi connectivity index (χ3n) is 4.69. The van der Waals surface area contributed by atoms with Gasteiger partial charge in [-0.1, -0.05) is 25.4 Å². The van der Waals surface area contributed by atoms with E-state index in [0.717, 1.165) is 31.1 Å². The molecule has 2 aliphatic carbocycles. The molecule has 1 aromatic rings. The standard InChI is InChI=1S/C16H24ClN3/c1-10(11-4-5-11)18-9-14-19-13-6-7-16(2,3)8-12(13)15(17)20-14/h10-11,18H,4-9H2,1-3H3/t10-/m0/s1. The largest absolute Gasteiger partial charge is 0.307 e. The van der Waals surface area contributed by atoms with Crippen LogP contribution in [0.25, 0.3) is 0 Å². The molecule has 0 aliphatic heterocycles. The van der Waals surface area contributed by atoms with Crippen LogP contribution in [-0.2, 0) is 19.4 Å². The molecule has 0 amide bonds. The van der Waals surface area contributed by atoms with Gasteiger partial charge in [-0.2, -0.15) is 0 Å². The minimum absolute atomic E-state index is 0.320. The molecule has 1 N–H and O–H groups in total. The number of aromatic nitrogens is 2. The molecule has 3 rings (SSSR count). The Morgan fingerprint density at radius 2 is 2.10 bits per heavy atom. The normalized spacial score (nSPS) is 22.4. The van der Waals surface area contributed by atoms with E-state index in [0.29, 0.717) is 16.6 Å². The first-order valence-electron chi connectivity index (χ1n) is 7.72. The van der Waals surface area contributed by atoms with Crippen LogP contribution in [0.4, 0.5) is 0 Å². The molecule has 0 bridgehead atoms. The summed E-state index contributed by atoms with van der Waals surface area (Å²) in [7, 11) is 0. The van der Waals surface area contributed by atoms with Gasteiger partial charge in [0.2, 0.25) is 0 Å². The quantitative estimate of drug-likeness (QED) is 0.863. The van der Waals surface area contributed by atoms with Crippen LogP contribution >= 0.6 is 11.6 Å². The zero-order chi connectivity index (χ0) is 14.3. The maximum Gasteiger partial charge on any atom is 0.144 e. The zero-order valence-corrected chi connectivity index (χ0v) is 13.4. The van der Waals surface area contributed by atoms with Crippen molar-refractivity contribution in [1.82, 2.24) is 15.3 Å². The second-order valence-electron chi connectivity index (χ2n) is 7.20. The number of rotatable bonds is 4. The fourth-order valence-corrected chi connectivity index (χ4v) is 3.32. The van der Waals surface area contributed by atoms with Crippen LogP contribution in [0.5, 0.6) is 0 Å². The van der Waals surface area contributed by atoms with Gasteiger partial charge in [-0.15, -0.1) is 0 Å². The molecule has 1 atom stereocenters. The van der Waals surface area contributed by atoms with E-state index in [2.05, 4.69) is 31.1 Å². The Balaban J connectivity index is 1.72. The number of hydrogen-bond acceptors (Lipinski definition) is 3. The van der Waals surface area contributed by atoms with Gasteiger partial charge in [0.25, 0.3) is 0 Å². The molecule has 1 aromatic heterocycles. The van der Waals surface area contributed by atoms with Crippen LogP contribution in [0.1, 0.15) is 57.1 Å². The summed E-state index contributed by atoms with van der Waals surface area (Å²) in [5, 5.41) is 4.19. The number of hydrogen-bond donors (Lipinski definition) is 1. The van der Waals surface area contributed by atoms with Gasteiger partial charge in [0, 0.05) is 17.3 Å². The van der Waals surface area contributed by atoms with Crippen molar-refractivity contribution in [2.75, 3.05) is 0 Å². The van der Waals surface area contributed by atoms with Crippen molar-refractivity contribution in [3.05, 3.63) is 22.2 Å². The van der Waals surface area contributed by atoms with Gasteiger partial charge < -0.3 is 5.32 Å². The molecule has 2 aliphatic rings. The van der Waals surface area contributed by atoms with Crippen LogP contribution in [-0.4, -0.2) is 16.0 Å². The molecule has 110 valence electrons. The second kappa shape index (κ2) is 5.27. The van der Waals surface area contributed by atoms with Crippen LogP contribution in [0.15, 0.2) is 0 Å². The minimum Gasteiger partial charge on any atom is -0.307 e. The molecule has 4 heteroatoms. The molecule has 0 spiro atoms. The number of halogens is 1. The molecular formula is C16H24ClN3. The summed E-state index contributed by atoms with van der Waals surface area (Å²) in [6.45, 7) is 7.56. The molecule has 3 nitrogen and oxygen atoms in total. The Hall–Kier alpha value is -0.670. The van der Waals surface area contributed by atoms with Crippen LogP contribution in [0.3, 0.4) is 0 Å². The van der Waals surface area contributed by atoms with Crippen molar-refractivity contribution in [2.24, 2.45) is 11.3 Å². The number of nitrogens with one attached hydrogen (secondary N) is 1. The highest BCUT2D eigenvalue weighted by Gasteiger charge is 2.30. The number of fused-ring (bicyclic) bond motifs is 1. The second-order valence-corrected chi connectivity index (χ2v) is 7.56. The molecule has 1 fully saturated rings. The molecule has 0 radical (unpaired) electrons. The van der Waals surface area contributed by atoms with Crippen LogP contribution < -0.4 is 5.32 Å². The highest BCUT2D eigenvalue weighted by atomic mass is 35.5. The summed E-state index contributed by atoms with van der Waals surface area (Å²) in [4.78, 5) is 9.23. The van der Waals surface area contributed by atoms with E-state index in [9.17, 15) is 0 Å². The van der Waals surface area contributed by atoms with Gasteiger partial charge in [-0.05, 0) is 50.4 Å². The summed E-state index contributed by atoms with van der Waals surface area (Å²) in [5.41, 5.74) is 2.65. The highest BCUT2D eigenvalue weighted by Crippen LogP contribution is 2.36. The Kier molecular flexibility index (Phi) is 3.76. The first-order chi connectivity index (χ1) is 9.44. The van der Waals surface area contributed by atoms with E-state index in [1.165, 1.54) is 30.5 Å². The van der Waals surface area contributed by atoms with E-state index in [1.54, 1.807) is 0 Å². The minimum atomic E-state index is 0.320. The van der Waals surface area contributed by atoms with Gasteiger partial charge in [-0.3, -0.25) is 0 Å². The molecule has 0 saturated heterocycles. The fraction of sp³-hybridized carbons (Fsp3) is 0.750. The lowest BCUT2D eigenvalue weighted by Gasteiger charge is -2.31. The Morgan fingerprint density at radius 1 is 1.35 bits per heavy atom.